The van der Waals surface area contributed by atoms with Crippen LogP contribution in [0.25, 0.3) is 0 Å². The number of rotatable bonds is 6. The Morgan fingerprint density at radius 1 is 1.00 bits per heavy atom. The lowest BCUT2D eigenvalue weighted by Crippen LogP contribution is -2.24. The highest BCUT2D eigenvalue weighted by Crippen LogP contribution is 2.15. The van der Waals surface area contributed by atoms with Gasteiger partial charge < -0.3 is 10.6 Å². The van der Waals surface area contributed by atoms with Gasteiger partial charge in [0.2, 0.25) is 5.91 Å². The fourth-order valence-corrected chi connectivity index (χ4v) is 3.46. The van der Waals surface area contributed by atoms with Crippen LogP contribution in [0.15, 0.2) is 60.0 Å². The van der Waals surface area contributed by atoms with Crippen molar-refractivity contribution in [3.8, 4) is 0 Å². The summed E-state index contributed by atoms with van der Waals surface area (Å²) < 4.78 is 0. The van der Waals surface area contributed by atoms with Crippen molar-refractivity contribution in [2.24, 2.45) is 0 Å². The van der Waals surface area contributed by atoms with E-state index in [4.69, 9.17) is 0 Å². The first-order valence-corrected chi connectivity index (χ1v) is 9.66. The number of carbonyl (C=O) groups excluding carboxylic acids is 2. The molecule has 0 saturated carbocycles. The summed E-state index contributed by atoms with van der Waals surface area (Å²) in [5, 5.41) is 7.81. The molecule has 2 aromatic carbocycles. The van der Waals surface area contributed by atoms with Crippen LogP contribution in [-0.2, 0) is 17.8 Å². The summed E-state index contributed by atoms with van der Waals surface area (Å²) in [4.78, 5) is 25.6. The summed E-state index contributed by atoms with van der Waals surface area (Å²) in [6, 6.07) is 17.1. The molecule has 1 heterocycles. The van der Waals surface area contributed by atoms with Crippen LogP contribution in [0.2, 0.25) is 0 Å². The van der Waals surface area contributed by atoms with E-state index in [0.717, 1.165) is 21.6 Å². The molecule has 2 N–H and O–H groups in total. The van der Waals surface area contributed by atoms with Crippen molar-refractivity contribution < 1.29 is 9.59 Å². The predicted octanol–water partition coefficient (Wildman–Crippen LogP) is 4.48. The van der Waals surface area contributed by atoms with E-state index in [1.54, 1.807) is 11.3 Å². The van der Waals surface area contributed by atoms with Crippen LogP contribution in [0.3, 0.4) is 0 Å². The van der Waals surface area contributed by atoms with Gasteiger partial charge in [-0.1, -0.05) is 35.9 Å². The van der Waals surface area contributed by atoms with Crippen LogP contribution in [0.5, 0.6) is 0 Å². The van der Waals surface area contributed by atoms with Crippen LogP contribution in [0, 0.1) is 13.8 Å². The minimum absolute atomic E-state index is 0.0181. The van der Waals surface area contributed by atoms with Crippen molar-refractivity contribution in [3.05, 3.63) is 87.1 Å². The minimum Gasteiger partial charge on any atom is -0.351 e. The second kappa shape index (κ2) is 8.64. The molecule has 27 heavy (non-hydrogen) atoms. The van der Waals surface area contributed by atoms with E-state index in [0.29, 0.717) is 24.2 Å². The first-order chi connectivity index (χ1) is 13.0. The molecule has 3 aromatic rings. The highest BCUT2D eigenvalue weighted by Gasteiger charge is 2.10. The Morgan fingerprint density at radius 3 is 2.44 bits per heavy atom. The highest BCUT2D eigenvalue weighted by molar-refractivity contribution is 7.09. The Hall–Kier alpha value is -2.92. The lowest BCUT2D eigenvalue weighted by atomic mass is 10.0. The number of nitrogens with one attached hydrogen (secondary N) is 2. The number of aryl methyl sites for hydroxylation is 2. The third kappa shape index (κ3) is 5.28. The summed E-state index contributed by atoms with van der Waals surface area (Å²) in [6.07, 6.45) is 0.316. The molecule has 0 spiro atoms. The second-order valence-corrected chi connectivity index (χ2v) is 7.53. The van der Waals surface area contributed by atoms with Gasteiger partial charge in [0, 0.05) is 16.1 Å². The van der Waals surface area contributed by atoms with E-state index < -0.39 is 0 Å². The summed E-state index contributed by atoms with van der Waals surface area (Å²) in [6.45, 7) is 4.49. The molecule has 2 amide bonds. The Kier molecular flexibility index (Phi) is 6.04. The van der Waals surface area contributed by atoms with Gasteiger partial charge in [-0.15, -0.1) is 11.3 Å². The van der Waals surface area contributed by atoms with Gasteiger partial charge in [-0.05, 0) is 54.6 Å². The van der Waals surface area contributed by atoms with Crippen molar-refractivity contribution in [2.75, 3.05) is 5.32 Å². The lowest BCUT2D eigenvalue weighted by Gasteiger charge is -2.09. The van der Waals surface area contributed by atoms with Gasteiger partial charge in [0.05, 0.1) is 13.0 Å². The topological polar surface area (TPSA) is 58.2 Å². The predicted molar refractivity (Wildman–Crippen MR) is 110 cm³/mol. The molecule has 0 unspecified atom stereocenters. The molecule has 0 radical (unpaired) electrons. The Bertz CT molecular complexity index is 931. The Morgan fingerprint density at radius 2 is 1.78 bits per heavy atom. The van der Waals surface area contributed by atoms with E-state index in [2.05, 4.69) is 10.6 Å². The van der Waals surface area contributed by atoms with Crippen LogP contribution in [0.1, 0.15) is 31.9 Å². The lowest BCUT2D eigenvalue weighted by molar-refractivity contribution is -0.120. The first kappa shape index (κ1) is 18.9. The van der Waals surface area contributed by atoms with Gasteiger partial charge in [-0.3, -0.25) is 9.59 Å². The Balaban J connectivity index is 1.55. The zero-order chi connectivity index (χ0) is 19.2. The maximum atomic E-state index is 12.4. The van der Waals surface area contributed by atoms with Gasteiger partial charge in [0.25, 0.3) is 5.91 Å². The van der Waals surface area contributed by atoms with Crippen molar-refractivity contribution >= 4 is 28.8 Å². The quantitative estimate of drug-likeness (QED) is 0.665. The third-order valence-corrected chi connectivity index (χ3v) is 5.12. The van der Waals surface area contributed by atoms with Crippen molar-refractivity contribution in [2.45, 2.75) is 26.8 Å². The zero-order valence-electron chi connectivity index (χ0n) is 15.4. The first-order valence-electron chi connectivity index (χ1n) is 8.78. The van der Waals surface area contributed by atoms with E-state index >= 15 is 0 Å². The number of benzene rings is 2. The Labute approximate surface area is 163 Å². The number of thiophene rings is 1. The van der Waals surface area contributed by atoms with Crippen LogP contribution < -0.4 is 10.6 Å². The molecule has 0 bridgehead atoms. The minimum atomic E-state index is -0.131. The van der Waals surface area contributed by atoms with Crippen LogP contribution in [0.4, 0.5) is 5.69 Å². The summed E-state index contributed by atoms with van der Waals surface area (Å²) >= 11 is 1.62. The molecule has 0 atom stereocenters. The number of anilines is 1. The SMILES string of the molecule is Cc1ccc(C(=O)Nc2ccc(CC(=O)NCc3cccs3)cc2)c(C)c1. The maximum absolute atomic E-state index is 12.4. The third-order valence-electron chi connectivity index (χ3n) is 4.24. The molecule has 1 aromatic heterocycles. The van der Waals surface area contributed by atoms with Crippen molar-refractivity contribution in [1.29, 1.82) is 0 Å². The van der Waals surface area contributed by atoms with E-state index in [9.17, 15) is 9.59 Å². The molecule has 0 saturated heterocycles. The van der Waals surface area contributed by atoms with Gasteiger partial charge in [-0.25, -0.2) is 0 Å². The summed E-state index contributed by atoms with van der Waals surface area (Å²) in [5.74, 6) is -0.149. The van der Waals surface area contributed by atoms with Crippen LogP contribution >= 0.6 is 11.3 Å². The highest BCUT2D eigenvalue weighted by atomic mass is 32.1. The molecule has 138 valence electrons. The van der Waals surface area contributed by atoms with Crippen molar-refractivity contribution in [3.63, 3.8) is 0 Å². The molecule has 0 aliphatic heterocycles. The van der Waals surface area contributed by atoms with Gasteiger partial charge in [0.15, 0.2) is 0 Å². The normalized spacial score (nSPS) is 10.4. The monoisotopic (exact) mass is 378 g/mol. The fraction of sp³-hybridized carbons (Fsp3) is 0.182. The van der Waals surface area contributed by atoms with E-state index in [1.807, 2.05) is 73.8 Å². The average Bonchev–Trinajstić information content (AvgIpc) is 3.15. The molecule has 5 heteroatoms. The standard InChI is InChI=1S/C22H22N2O2S/c1-15-5-10-20(16(2)12-15)22(26)24-18-8-6-17(7-9-18)13-21(25)23-14-19-4-3-11-27-19/h3-12H,13-14H2,1-2H3,(H,23,25)(H,24,26). The molecular weight excluding hydrogens is 356 g/mol. The second-order valence-electron chi connectivity index (χ2n) is 6.50. The summed E-state index contributed by atoms with van der Waals surface area (Å²) in [5.41, 5.74) is 4.36. The summed E-state index contributed by atoms with van der Waals surface area (Å²) in [7, 11) is 0. The van der Waals surface area contributed by atoms with Gasteiger partial charge in [-0.2, -0.15) is 0 Å². The smallest absolute Gasteiger partial charge is 0.255 e. The largest absolute Gasteiger partial charge is 0.351 e. The fourth-order valence-electron chi connectivity index (χ4n) is 2.82. The molecule has 0 aliphatic carbocycles. The molecule has 4 nitrogen and oxygen atoms in total. The molecule has 0 aliphatic rings. The number of hydrogen-bond donors (Lipinski definition) is 2. The maximum Gasteiger partial charge on any atom is 0.255 e. The van der Waals surface area contributed by atoms with E-state index in [-0.39, 0.29) is 11.8 Å². The number of hydrogen-bond acceptors (Lipinski definition) is 3. The van der Waals surface area contributed by atoms with Crippen LogP contribution in [-0.4, -0.2) is 11.8 Å². The number of carbonyl (C=O) groups is 2. The molecule has 3 rings (SSSR count). The average molecular weight is 378 g/mol. The molecular formula is C22H22N2O2S. The number of amides is 2. The zero-order valence-corrected chi connectivity index (χ0v) is 16.2. The molecule has 0 fully saturated rings. The van der Waals surface area contributed by atoms with Crippen molar-refractivity contribution in [1.82, 2.24) is 5.32 Å². The van der Waals surface area contributed by atoms with Gasteiger partial charge >= 0.3 is 0 Å². The van der Waals surface area contributed by atoms with E-state index in [1.165, 1.54) is 0 Å². The van der Waals surface area contributed by atoms with Gasteiger partial charge in [0.1, 0.15) is 0 Å².